The van der Waals surface area contributed by atoms with Crippen LogP contribution in [0.3, 0.4) is 0 Å². The van der Waals surface area contributed by atoms with Gasteiger partial charge in [-0.2, -0.15) is 0 Å². The minimum Gasteiger partial charge on any atom is -0.390 e. The summed E-state index contributed by atoms with van der Waals surface area (Å²) in [6, 6.07) is 0. The molecule has 0 unspecified atom stereocenters. The van der Waals surface area contributed by atoms with Crippen molar-refractivity contribution in [3.05, 3.63) is 34.2 Å². The molecule has 0 aromatic rings. The minimum absolute atomic E-state index is 0.0162. The monoisotopic (exact) mass is 551 g/mol. The highest BCUT2D eigenvalue weighted by atomic mass is 19.1. The van der Waals surface area contributed by atoms with Crippen LogP contribution in [0.2, 0.25) is 0 Å². The Balaban J connectivity index is 1.38. The van der Waals surface area contributed by atoms with E-state index in [0.29, 0.717) is 25.0 Å². The minimum atomic E-state index is -2.21. The smallest absolute Gasteiger partial charge is 0.193 e. The van der Waals surface area contributed by atoms with Gasteiger partial charge >= 0.3 is 0 Å². The fourth-order valence-corrected chi connectivity index (χ4v) is 7.59. The van der Waals surface area contributed by atoms with E-state index in [9.17, 15) is 24.9 Å². The lowest BCUT2D eigenvalue weighted by molar-refractivity contribution is -0.222. The van der Waals surface area contributed by atoms with Crippen LogP contribution < -0.4 is 0 Å². The van der Waals surface area contributed by atoms with Crippen molar-refractivity contribution in [2.75, 3.05) is 46.2 Å². The zero-order valence-electron chi connectivity index (χ0n) is 22.4. The molecule has 3 fully saturated rings. The maximum Gasteiger partial charge on any atom is 0.193 e. The number of allylic oxidation sites excluding steroid dienone is 4. The Morgan fingerprint density at radius 2 is 1.79 bits per heavy atom. The van der Waals surface area contributed by atoms with Crippen molar-refractivity contribution in [2.45, 2.75) is 63.0 Å². The lowest BCUT2D eigenvalue weighted by atomic mass is 9.44. The Hall–Kier alpha value is -2.18. The van der Waals surface area contributed by atoms with E-state index in [1.54, 1.807) is 13.8 Å². The van der Waals surface area contributed by atoms with Gasteiger partial charge < -0.3 is 29.5 Å². The number of azide groups is 1. The van der Waals surface area contributed by atoms with Crippen molar-refractivity contribution in [3.8, 4) is 0 Å². The topological polar surface area (TPSA) is 171 Å². The molecule has 11 nitrogen and oxygen atoms in total. The number of ether oxygens (including phenoxy) is 3. The van der Waals surface area contributed by atoms with Gasteiger partial charge in [0.2, 0.25) is 0 Å². The molecule has 216 valence electrons. The second kappa shape index (κ2) is 11.4. The van der Waals surface area contributed by atoms with Crippen LogP contribution in [0.25, 0.3) is 10.4 Å². The molecule has 0 aromatic heterocycles. The van der Waals surface area contributed by atoms with Gasteiger partial charge in [0.15, 0.2) is 22.8 Å². The number of hydrogen-bond acceptors (Lipinski definition) is 9. The molecule has 3 N–H and O–H groups in total. The molecular formula is C27H38FN3O8. The van der Waals surface area contributed by atoms with Crippen molar-refractivity contribution in [2.24, 2.45) is 27.8 Å². The maximum atomic E-state index is 17.1. The number of fused-ring (bicyclic) bond motifs is 5. The number of rotatable bonds is 12. The molecule has 4 rings (SSSR count). The fourth-order valence-electron chi connectivity index (χ4n) is 7.59. The van der Waals surface area contributed by atoms with E-state index in [1.807, 2.05) is 0 Å². The van der Waals surface area contributed by atoms with E-state index in [1.165, 1.54) is 18.2 Å². The molecule has 0 aromatic carbocycles. The third kappa shape index (κ3) is 4.76. The average molecular weight is 552 g/mol. The number of carbonyl (C=O) groups is 2. The quantitative estimate of drug-likeness (QED) is 0.143. The normalized spacial score (nSPS) is 40.8. The first kappa shape index (κ1) is 29.8. The highest BCUT2D eigenvalue weighted by molar-refractivity contribution is 6.01. The maximum absolute atomic E-state index is 17.1. The standard InChI is InChI=1S/C27H38FN3O8/c1-24-6-5-18(32)13-17(24)3-4-19-20-14-21(33)27(36,25(20,2)15-22(34)26(19,24)28)23(35)16-39-12-11-38-10-9-37-8-7-30-31-29/h5-6,13,19-22,33-34,36H,3-4,7-12,14-16H2,1-2H3/t19-,20-,21+,22-,24-,25-,26-,27-/m0/s1. The first-order chi connectivity index (χ1) is 18.5. The molecule has 39 heavy (non-hydrogen) atoms. The van der Waals surface area contributed by atoms with E-state index in [2.05, 4.69) is 10.0 Å². The fraction of sp³-hybridized carbons (Fsp3) is 0.778. The summed E-state index contributed by atoms with van der Waals surface area (Å²) in [4.78, 5) is 27.9. The molecule has 0 spiro atoms. The number of aliphatic hydroxyl groups excluding tert-OH is 2. The van der Waals surface area contributed by atoms with Gasteiger partial charge in [-0.1, -0.05) is 23.7 Å². The van der Waals surface area contributed by atoms with Crippen molar-refractivity contribution in [1.29, 1.82) is 0 Å². The Labute approximate surface area is 226 Å². The van der Waals surface area contributed by atoms with Gasteiger partial charge in [0.05, 0.1) is 45.2 Å². The predicted molar refractivity (Wildman–Crippen MR) is 136 cm³/mol. The predicted octanol–water partition coefficient (Wildman–Crippen LogP) is 1.99. The molecule has 4 aliphatic carbocycles. The number of aliphatic hydroxyl groups is 3. The summed E-state index contributed by atoms with van der Waals surface area (Å²) in [6.45, 7) is 4.19. The number of Topliss-reactive ketones (excluding diaryl/α,β-unsaturated/α-hetero) is 1. The van der Waals surface area contributed by atoms with Crippen LogP contribution in [-0.2, 0) is 23.8 Å². The number of carbonyl (C=O) groups excluding carboxylic acids is 2. The summed E-state index contributed by atoms with van der Waals surface area (Å²) in [5, 5.41) is 37.4. The van der Waals surface area contributed by atoms with E-state index < -0.39 is 58.5 Å². The zero-order chi connectivity index (χ0) is 28.5. The first-order valence-electron chi connectivity index (χ1n) is 13.5. The molecule has 0 heterocycles. The highest BCUT2D eigenvalue weighted by Gasteiger charge is 2.76. The lowest BCUT2D eigenvalue weighted by Crippen LogP contribution is -2.69. The number of nitrogens with zero attached hydrogens (tertiary/aromatic N) is 3. The van der Waals surface area contributed by atoms with Crippen LogP contribution in [0.15, 0.2) is 28.9 Å². The van der Waals surface area contributed by atoms with Gasteiger partial charge in [0, 0.05) is 28.2 Å². The molecule has 0 saturated heterocycles. The SMILES string of the molecule is C[C@]12C=CC(=O)C=C1CC[C@H]1[C@@H]3C[C@@H](O)[C@](O)(C(=O)COCCOCCOCCN=[N+]=[N-])[C@@]3(C)C[C@H](O)[C@@]12F. The second-order valence-electron chi connectivity index (χ2n) is 11.4. The molecule has 12 heteroatoms. The summed E-state index contributed by atoms with van der Waals surface area (Å²) in [5.74, 6) is -2.23. The van der Waals surface area contributed by atoms with Crippen molar-refractivity contribution < 1.29 is 43.5 Å². The average Bonchev–Trinajstić information content (AvgIpc) is 3.10. The highest BCUT2D eigenvalue weighted by Crippen LogP contribution is 2.69. The number of hydrogen-bond donors (Lipinski definition) is 3. The van der Waals surface area contributed by atoms with Crippen molar-refractivity contribution in [1.82, 2.24) is 0 Å². The van der Waals surface area contributed by atoms with E-state index in [0.717, 1.165) is 0 Å². The Morgan fingerprint density at radius 1 is 1.13 bits per heavy atom. The second-order valence-corrected chi connectivity index (χ2v) is 11.4. The van der Waals surface area contributed by atoms with Crippen molar-refractivity contribution in [3.63, 3.8) is 0 Å². The van der Waals surface area contributed by atoms with Crippen LogP contribution in [0.5, 0.6) is 0 Å². The third-order valence-electron chi connectivity index (χ3n) is 9.66. The van der Waals surface area contributed by atoms with Crippen LogP contribution in [0.4, 0.5) is 4.39 Å². The van der Waals surface area contributed by atoms with E-state index in [-0.39, 0.29) is 51.6 Å². The van der Waals surface area contributed by atoms with Crippen LogP contribution in [-0.4, -0.2) is 96.5 Å². The van der Waals surface area contributed by atoms with Crippen LogP contribution in [0, 0.1) is 22.7 Å². The summed E-state index contributed by atoms with van der Waals surface area (Å²) < 4.78 is 33.1. The molecule has 3 saturated carbocycles. The Bertz CT molecular complexity index is 1080. The van der Waals surface area contributed by atoms with Gasteiger partial charge in [-0.15, -0.1) is 0 Å². The molecule has 8 atom stereocenters. The molecule has 4 aliphatic rings. The Morgan fingerprint density at radius 3 is 2.49 bits per heavy atom. The van der Waals surface area contributed by atoms with Gasteiger partial charge in [-0.3, -0.25) is 9.59 Å². The van der Waals surface area contributed by atoms with E-state index in [4.69, 9.17) is 19.7 Å². The first-order valence-corrected chi connectivity index (χ1v) is 13.5. The summed E-state index contributed by atoms with van der Waals surface area (Å²) in [6.07, 6.45) is 1.92. The van der Waals surface area contributed by atoms with Gasteiger partial charge in [0.1, 0.15) is 6.61 Å². The number of alkyl halides is 1. The molecule has 0 amide bonds. The molecule has 0 radical (unpaired) electrons. The van der Waals surface area contributed by atoms with Crippen LogP contribution >= 0.6 is 0 Å². The van der Waals surface area contributed by atoms with Gasteiger partial charge in [-0.25, -0.2) is 4.39 Å². The number of ketones is 2. The lowest BCUT2D eigenvalue weighted by Gasteiger charge is -2.62. The molecule has 0 bridgehead atoms. The summed E-state index contributed by atoms with van der Waals surface area (Å²) >= 11 is 0. The molecular weight excluding hydrogens is 513 g/mol. The van der Waals surface area contributed by atoms with Gasteiger partial charge in [-0.05, 0) is 56.2 Å². The van der Waals surface area contributed by atoms with Gasteiger partial charge in [0.25, 0.3) is 0 Å². The summed E-state index contributed by atoms with van der Waals surface area (Å²) in [5.41, 5.74) is 2.03. The Kier molecular flexibility index (Phi) is 8.68. The third-order valence-corrected chi connectivity index (χ3v) is 9.66. The van der Waals surface area contributed by atoms with E-state index >= 15 is 4.39 Å². The van der Waals surface area contributed by atoms with Crippen LogP contribution in [0.1, 0.15) is 39.5 Å². The number of halogens is 1. The molecule has 0 aliphatic heterocycles. The zero-order valence-corrected chi connectivity index (χ0v) is 22.4. The van der Waals surface area contributed by atoms with Crippen molar-refractivity contribution >= 4 is 11.6 Å². The summed E-state index contributed by atoms with van der Waals surface area (Å²) in [7, 11) is 0. The largest absolute Gasteiger partial charge is 0.390 e.